The van der Waals surface area contributed by atoms with E-state index in [4.69, 9.17) is 9.84 Å². The molecule has 7 heteroatoms. The minimum absolute atomic E-state index is 0.0473. The van der Waals surface area contributed by atoms with Gasteiger partial charge in [0.05, 0.1) is 13.2 Å². The number of nitrogens with one attached hydrogen (secondary N) is 2. The maximum absolute atomic E-state index is 12.2. The first-order chi connectivity index (χ1) is 12.4. The second-order valence-electron chi connectivity index (χ2n) is 6.70. The number of hydrogen-bond acceptors (Lipinski definition) is 4. The number of benzene rings is 1. The molecule has 1 aliphatic rings. The van der Waals surface area contributed by atoms with E-state index < -0.39 is 5.97 Å². The molecule has 1 saturated carbocycles. The molecule has 26 heavy (non-hydrogen) atoms. The number of carboxylic acids is 1. The summed E-state index contributed by atoms with van der Waals surface area (Å²) in [6.45, 7) is 7.35. The molecule has 0 unspecified atom stereocenters. The van der Waals surface area contributed by atoms with Gasteiger partial charge in [-0.25, -0.2) is 4.79 Å². The lowest BCUT2D eigenvalue weighted by Gasteiger charge is -2.42. The number of carbonyl (C=O) groups excluding carboxylic acids is 1. The molecule has 2 rings (SSSR count). The fourth-order valence-corrected chi connectivity index (χ4v) is 3.11. The predicted molar refractivity (Wildman–Crippen MR) is 101 cm³/mol. The Morgan fingerprint density at radius 1 is 1.31 bits per heavy atom. The number of carboxylic acid groups (broad SMARTS) is 1. The summed E-state index contributed by atoms with van der Waals surface area (Å²) in [5, 5.41) is 14.7. The maximum atomic E-state index is 12.2. The number of urea groups is 1. The van der Waals surface area contributed by atoms with Gasteiger partial charge in [-0.1, -0.05) is 13.8 Å². The van der Waals surface area contributed by atoms with E-state index in [0.717, 1.165) is 36.3 Å². The third kappa shape index (κ3) is 5.62. The second-order valence-corrected chi connectivity index (χ2v) is 6.70. The van der Waals surface area contributed by atoms with Crippen molar-refractivity contribution in [2.75, 3.05) is 25.0 Å². The van der Waals surface area contributed by atoms with Crippen molar-refractivity contribution in [3.05, 3.63) is 23.8 Å². The molecule has 0 bridgehead atoms. The summed E-state index contributed by atoms with van der Waals surface area (Å²) < 4.78 is 5.58. The van der Waals surface area contributed by atoms with Gasteiger partial charge in [-0.3, -0.25) is 9.69 Å². The van der Waals surface area contributed by atoms with Gasteiger partial charge in [0.1, 0.15) is 5.75 Å². The molecular weight excluding hydrogens is 334 g/mol. The van der Waals surface area contributed by atoms with Crippen LogP contribution in [0.25, 0.3) is 0 Å². The number of carbonyl (C=O) groups is 2. The third-order valence-corrected chi connectivity index (χ3v) is 4.63. The fourth-order valence-electron chi connectivity index (χ4n) is 3.11. The first kappa shape index (κ1) is 20.0. The molecule has 1 aromatic carbocycles. The molecule has 0 radical (unpaired) electrons. The monoisotopic (exact) mass is 363 g/mol. The normalized spacial score (nSPS) is 18.9. The van der Waals surface area contributed by atoms with Crippen LogP contribution in [0, 0.1) is 6.92 Å². The number of amides is 2. The molecule has 1 fully saturated rings. The Bertz CT molecular complexity index is 629. The zero-order valence-corrected chi connectivity index (χ0v) is 15.7. The molecule has 0 atom stereocenters. The second kappa shape index (κ2) is 9.43. The first-order valence-corrected chi connectivity index (χ1v) is 9.19. The molecular formula is C19H29N3O4. The molecule has 0 aromatic heterocycles. The summed E-state index contributed by atoms with van der Waals surface area (Å²) in [6.07, 6.45) is 2.50. The van der Waals surface area contributed by atoms with Gasteiger partial charge >= 0.3 is 12.0 Å². The average Bonchev–Trinajstić information content (AvgIpc) is 2.56. The quantitative estimate of drug-likeness (QED) is 0.628. The Morgan fingerprint density at radius 3 is 2.62 bits per heavy atom. The lowest BCUT2D eigenvalue weighted by Crippen LogP contribution is -2.55. The summed E-state index contributed by atoms with van der Waals surface area (Å²) >= 11 is 0. The van der Waals surface area contributed by atoms with Crippen LogP contribution in [0.4, 0.5) is 10.5 Å². The lowest BCUT2D eigenvalue weighted by atomic mass is 9.85. The smallest absolute Gasteiger partial charge is 0.319 e. The summed E-state index contributed by atoms with van der Waals surface area (Å²) in [7, 11) is 0. The summed E-state index contributed by atoms with van der Waals surface area (Å²) in [4.78, 5) is 25.0. The van der Waals surface area contributed by atoms with E-state index in [1.165, 1.54) is 0 Å². The van der Waals surface area contributed by atoms with E-state index in [1.807, 2.05) is 36.9 Å². The number of hydrogen-bond donors (Lipinski definition) is 3. The maximum Gasteiger partial charge on any atom is 0.319 e. The molecule has 3 N–H and O–H groups in total. The Morgan fingerprint density at radius 2 is 2.04 bits per heavy atom. The Balaban J connectivity index is 1.78. The highest BCUT2D eigenvalue weighted by Crippen LogP contribution is 2.26. The van der Waals surface area contributed by atoms with E-state index in [1.54, 1.807) is 0 Å². The lowest BCUT2D eigenvalue weighted by molar-refractivity contribution is -0.139. The van der Waals surface area contributed by atoms with Crippen molar-refractivity contribution in [2.45, 2.75) is 52.1 Å². The van der Waals surface area contributed by atoms with Gasteiger partial charge < -0.3 is 20.5 Å². The molecule has 1 aliphatic carbocycles. The van der Waals surface area contributed by atoms with Gasteiger partial charge in [-0.05, 0) is 56.5 Å². The van der Waals surface area contributed by atoms with E-state index in [2.05, 4.69) is 17.6 Å². The van der Waals surface area contributed by atoms with Gasteiger partial charge in [-0.15, -0.1) is 0 Å². The van der Waals surface area contributed by atoms with Gasteiger partial charge in [0.2, 0.25) is 0 Å². The molecule has 0 saturated heterocycles. The van der Waals surface area contributed by atoms with Crippen LogP contribution in [0.15, 0.2) is 18.2 Å². The number of aryl methyl sites for hydroxylation is 1. The van der Waals surface area contributed by atoms with Crippen LogP contribution in [0.3, 0.4) is 0 Å². The number of anilines is 1. The van der Waals surface area contributed by atoms with Gasteiger partial charge in [0, 0.05) is 17.8 Å². The highest BCUT2D eigenvalue weighted by atomic mass is 16.5. The predicted octanol–water partition coefficient (Wildman–Crippen LogP) is 2.84. The van der Waals surface area contributed by atoms with Gasteiger partial charge in [0.25, 0.3) is 0 Å². The van der Waals surface area contributed by atoms with E-state index in [-0.39, 0.29) is 24.7 Å². The summed E-state index contributed by atoms with van der Waals surface area (Å²) in [6, 6.07) is 5.67. The molecule has 1 aromatic rings. The van der Waals surface area contributed by atoms with Gasteiger partial charge in [-0.2, -0.15) is 0 Å². The van der Waals surface area contributed by atoms with Crippen LogP contribution in [-0.2, 0) is 4.79 Å². The number of nitrogens with zero attached hydrogens (tertiary/aromatic N) is 1. The average molecular weight is 363 g/mol. The van der Waals surface area contributed by atoms with Crippen molar-refractivity contribution < 1.29 is 19.4 Å². The largest absolute Gasteiger partial charge is 0.494 e. The highest BCUT2D eigenvalue weighted by molar-refractivity contribution is 5.90. The van der Waals surface area contributed by atoms with Crippen molar-refractivity contribution in [3.63, 3.8) is 0 Å². The number of aliphatic carboxylic acids is 1. The zero-order chi connectivity index (χ0) is 19.1. The summed E-state index contributed by atoms with van der Waals surface area (Å²) in [5.41, 5.74) is 1.70. The topological polar surface area (TPSA) is 90.9 Å². The Labute approximate surface area is 154 Å². The molecule has 0 aliphatic heterocycles. The van der Waals surface area contributed by atoms with Crippen molar-refractivity contribution in [1.29, 1.82) is 0 Å². The molecule has 0 heterocycles. The standard InChI is InChI=1S/C19H29N3O4/c1-4-8-26-16-6-7-17(13(3)9-16)21-19(25)20-14-10-15(11-14)22(5-2)12-18(23)24/h6-7,9,14-15H,4-5,8,10-12H2,1-3H3,(H,23,24)(H2,20,21,25). The molecule has 7 nitrogen and oxygen atoms in total. The van der Waals surface area contributed by atoms with Crippen LogP contribution in [0.1, 0.15) is 38.7 Å². The van der Waals surface area contributed by atoms with Crippen molar-refractivity contribution in [3.8, 4) is 5.75 Å². The van der Waals surface area contributed by atoms with Crippen LogP contribution >= 0.6 is 0 Å². The number of ether oxygens (including phenoxy) is 1. The third-order valence-electron chi connectivity index (χ3n) is 4.63. The Kier molecular flexibility index (Phi) is 7.26. The number of likely N-dealkylation sites (N-methyl/N-ethyl adjacent to an activating group) is 1. The van der Waals surface area contributed by atoms with E-state index >= 15 is 0 Å². The van der Waals surface area contributed by atoms with Crippen LogP contribution in [0.2, 0.25) is 0 Å². The Hall–Kier alpha value is -2.28. The highest BCUT2D eigenvalue weighted by Gasteiger charge is 2.34. The van der Waals surface area contributed by atoms with Crippen LogP contribution in [-0.4, -0.2) is 53.8 Å². The fraction of sp³-hybridized carbons (Fsp3) is 0.579. The molecule has 0 spiro atoms. The number of rotatable bonds is 9. The molecule has 144 valence electrons. The van der Waals surface area contributed by atoms with Gasteiger partial charge in [0.15, 0.2) is 0 Å². The minimum Gasteiger partial charge on any atom is -0.494 e. The molecule has 2 amide bonds. The van der Waals surface area contributed by atoms with Crippen molar-refractivity contribution >= 4 is 17.7 Å². The van der Waals surface area contributed by atoms with E-state index in [9.17, 15) is 9.59 Å². The summed E-state index contributed by atoms with van der Waals surface area (Å²) in [5.74, 6) is -0.0157. The van der Waals surface area contributed by atoms with Crippen molar-refractivity contribution in [2.24, 2.45) is 0 Å². The van der Waals surface area contributed by atoms with E-state index in [0.29, 0.717) is 13.2 Å². The van der Waals surface area contributed by atoms with Crippen LogP contribution in [0.5, 0.6) is 5.75 Å². The minimum atomic E-state index is -0.817. The van der Waals surface area contributed by atoms with Crippen molar-refractivity contribution in [1.82, 2.24) is 10.2 Å². The first-order valence-electron chi connectivity index (χ1n) is 9.19. The SMILES string of the molecule is CCCOc1ccc(NC(=O)NC2CC(N(CC)CC(=O)O)C2)c(C)c1. The van der Waals surface area contributed by atoms with Crippen LogP contribution < -0.4 is 15.4 Å². The zero-order valence-electron chi connectivity index (χ0n) is 15.7.